The Morgan fingerprint density at radius 2 is 1.70 bits per heavy atom. The summed E-state index contributed by atoms with van der Waals surface area (Å²) in [6, 6.07) is 28.1. The van der Waals surface area contributed by atoms with Crippen LogP contribution in [0.25, 0.3) is 21.9 Å². The topological polar surface area (TPSA) is 34.2 Å². The van der Waals surface area contributed by atoms with Gasteiger partial charge >= 0.3 is 0 Å². The van der Waals surface area contributed by atoms with Crippen LogP contribution in [0.3, 0.4) is 0 Å². The number of piperidine rings is 1. The summed E-state index contributed by atoms with van der Waals surface area (Å²) in [5.74, 6) is 0.397. The molecule has 0 spiro atoms. The van der Waals surface area contributed by atoms with Gasteiger partial charge in [0.1, 0.15) is 0 Å². The van der Waals surface area contributed by atoms with Gasteiger partial charge in [0.05, 0.1) is 12.7 Å². The summed E-state index contributed by atoms with van der Waals surface area (Å²) < 4.78 is 6.46. The number of ether oxygens (including phenoxy) is 1. The number of pyridine rings is 1. The largest absolute Gasteiger partial charge is 0.372 e. The van der Waals surface area contributed by atoms with E-state index in [9.17, 15) is 0 Å². The van der Waals surface area contributed by atoms with Crippen molar-refractivity contribution in [1.29, 1.82) is 0 Å². The summed E-state index contributed by atoms with van der Waals surface area (Å²) in [7, 11) is 0. The van der Waals surface area contributed by atoms with Gasteiger partial charge < -0.3 is 10.1 Å². The standard InChI is InChI=1S/C27H26N2O/c1-2-5-23-16-20(8-9-21(23)4-1)19-30-27-18-29-15-12-26(27)25-7-3-6-24(17-25)22-10-13-28-14-11-22/h1-11,13-14,16-17,26-27,29H,12,15,18-19H2/t26-,27+/m1/s1. The van der Waals surface area contributed by atoms with Gasteiger partial charge in [-0.3, -0.25) is 4.98 Å². The molecule has 0 radical (unpaired) electrons. The quantitative estimate of drug-likeness (QED) is 0.481. The van der Waals surface area contributed by atoms with Crippen molar-refractivity contribution in [3.8, 4) is 11.1 Å². The predicted octanol–water partition coefficient (Wildman–Crippen LogP) is 5.56. The zero-order valence-corrected chi connectivity index (χ0v) is 17.0. The molecule has 1 saturated heterocycles. The zero-order chi connectivity index (χ0) is 20.2. The molecule has 150 valence electrons. The Hall–Kier alpha value is -3.01. The molecule has 0 amide bonds. The fourth-order valence-electron chi connectivity index (χ4n) is 4.41. The van der Waals surface area contributed by atoms with E-state index in [2.05, 4.69) is 89.2 Å². The third-order valence-corrected chi connectivity index (χ3v) is 6.03. The van der Waals surface area contributed by atoms with Crippen LogP contribution in [0.2, 0.25) is 0 Å². The average Bonchev–Trinajstić information content (AvgIpc) is 2.83. The van der Waals surface area contributed by atoms with E-state index in [-0.39, 0.29) is 6.10 Å². The first kappa shape index (κ1) is 19.0. The Labute approximate surface area is 177 Å². The number of benzene rings is 3. The van der Waals surface area contributed by atoms with Crippen molar-refractivity contribution in [2.45, 2.75) is 25.0 Å². The van der Waals surface area contributed by atoms with E-state index in [1.54, 1.807) is 0 Å². The number of hydrogen-bond acceptors (Lipinski definition) is 3. The molecule has 1 aliphatic rings. The van der Waals surface area contributed by atoms with E-state index >= 15 is 0 Å². The van der Waals surface area contributed by atoms with Crippen LogP contribution in [0.1, 0.15) is 23.5 Å². The van der Waals surface area contributed by atoms with E-state index in [0.29, 0.717) is 12.5 Å². The van der Waals surface area contributed by atoms with Crippen LogP contribution in [0, 0.1) is 0 Å². The monoisotopic (exact) mass is 394 g/mol. The minimum Gasteiger partial charge on any atom is -0.372 e. The second kappa shape index (κ2) is 8.78. The molecule has 3 heteroatoms. The van der Waals surface area contributed by atoms with Gasteiger partial charge in [-0.05, 0) is 64.2 Å². The number of fused-ring (bicyclic) bond motifs is 1. The number of rotatable bonds is 5. The maximum absolute atomic E-state index is 6.46. The lowest BCUT2D eigenvalue weighted by molar-refractivity contribution is 0.0107. The lowest BCUT2D eigenvalue weighted by Gasteiger charge is -2.33. The molecule has 0 unspecified atom stereocenters. The predicted molar refractivity (Wildman–Crippen MR) is 122 cm³/mol. The first-order valence-electron chi connectivity index (χ1n) is 10.7. The molecular formula is C27H26N2O. The van der Waals surface area contributed by atoms with Crippen LogP contribution in [0.4, 0.5) is 0 Å². The number of nitrogens with one attached hydrogen (secondary N) is 1. The van der Waals surface area contributed by atoms with E-state index in [0.717, 1.165) is 19.5 Å². The van der Waals surface area contributed by atoms with Gasteiger partial charge in [0.15, 0.2) is 0 Å². The minimum atomic E-state index is 0.165. The number of hydrogen-bond donors (Lipinski definition) is 1. The van der Waals surface area contributed by atoms with Crippen molar-refractivity contribution >= 4 is 10.8 Å². The Balaban J connectivity index is 1.34. The Morgan fingerprint density at radius 3 is 2.60 bits per heavy atom. The highest BCUT2D eigenvalue weighted by atomic mass is 16.5. The molecule has 1 aliphatic heterocycles. The third kappa shape index (κ3) is 4.13. The SMILES string of the molecule is c1cc(-c2ccncc2)cc([C@H]2CCNC[C@@H]2OCc2ccc3ccccc3c2)c1. The Bertz CT molecular complexity index is 1130. The average molecular weight is 395 g/mol. The van der Waals surface area contributed by atoms with Crippen molar-refractivity contribution < 1.29 is 4.74 Å². The molecule has 2 heterocycles. The van der Waals surface area contributed by atoms with Gasteiger partial charge in [0.2, 0.25) is 0 Å². The number of aromatic nitrogens is 1. The molecule has 1 aromatic heterocycles. The first-order valence-corrected chi connectivity index (χ1v) is 10.7. The van der Waals surface area contributed by atoms with Crippen molar-refractivity contribution in [2.75, 3.05) is 13.1 Å². The Morgan fingerprint density at radius 1 is 0.833 bits per heavy atom. The van der Waals surface area contributed by atoms with Crippen LogP contribution in [-0.4, -0.2) is 24.2 Å². The molecule has 1 N–H and O–H groups in total. The molecule has 3 nitrogen and oxygen atoms in total. The van der Waals surface area contributed by atoms with Gasteiger partial charge in [-0.25, -0.2) is 0 Å². The molecule has 5 rings (SSSR count). The normalized spacial score (nSPS) is 19.1. The van der Waals surface area contributed by atoms with Gasteiger partial charge in [0, 0.05) is 24.9 Å². The smallest absolute Gasteiger partial charge is 0.0772 e. The van der Waals surface area contributed by atoms with Gasteiger partial charge in [-0.2, -0.15) is 0 Å². The summed E-state index contributed by atoms with van der Waals surface area (Å²) >= 11 is 0. The maximum Gasteiger partial charge on any atom is 0.0772 e. The van der Waals surface area contributed by atoms with Crippen LogP contribution in [0.15, 0.2) is 91.3 Å². The molecule has 30 heavy (non-hydrogen) atoms. The molecule has 2 atom stereocenters. The van der Waals surface area contributed by atoms with Crippen molar-refractivity contribution in [3.05, 3.63) is 102 Å². The fraction of sp³-hybridized carbons (Fsp3) is 0.222. The second-order valence-corrected chi connectivity index (χ2v) is 7.99. The van der Waals surface area contributed by atoms with Crippen molar-refractivity contribution in [1.82, 2.24) is 10.3 Å². The summed E-state index contributed by atoms with van der Waals surface area (Å²) in [5, 5.41) is 6.05. The first-order chi connectivity index (χ1) is 14.9. The van der Waals surface area contributed by atoms with Crippen LogP contribution < -0.4 is 5.32 Å². The van der Waals surface area contributed by atoms with Gasteiger partial charge in [0.25, 0.3) is 0 Å². The van der Waals surface area contributed by atoms with Crippen molar-refractivity contribution in [2.24, 2.45) is 0 Å². The molecular weight excluding hydrogens is 368 g/mol. The summed E-state index contributed by atoms with van der Waals surface area (Å²) in [4.78, 5) is 4.14. The fourth-order valence-corrected chi connectivity index (χ4v) is 4.41. The molecule has 3 aromatic carbocycles. The lowest BCUT2D eigenvalue weighted by atomic mass is 9.86. The second-order valence-electron chi connectivity index (χ2n) is 7.99. The van der Waals surface area contributed by atoms with E-state index in [1.165, 1.54) is 33.0 Å². The molecule has 4 aromatic rings. The van der Waals surface area contributed by atoms with E-state index in [4.69, 9.17) is 4.74 Å². The highest BCUT2D eigenvalue weighted by Gasteiger charge is 2.27. The van der Waals surface area contributed by atoms with Gasteiger partial charge in [-0.1, -0.05) is 60.7 Å². The van der Waals surface area contributed by atoms with Gasteiger partial charge in [-0.15, -0.1) is 0 Å². The highest BCUT2D eigenvalue weighted by Crippen LogP contribution is 2.31. The minimum absolute atomic E-state index is 0.165. The molecule has 1 fully saturated rings. The molecule has 0 aliphatic carbocycles. The van der Waals surface area contributed by atoms with Crippen molar-refractivity contribution in [3.63, 3.8) is 0 Å². The summed E-state index contributed by atoms with van der Waals surface area (Å²) in [6.45, 7) is 2.55. The van der Waals surface area contributed by atoms with Crippen LogP contribution >= 0.6 is 0 Å². The Kier molecular flexibility index (Phi) is 5.56. The zero-order valence-electron chi connectivity index (χ0n) is 17.0. The highest BCUT2D eigenvalue weighted by molar-refractivity contribution is 5.82. The molecule has 0 saturated carbocycles. The van der Waals surface area contributed by atoms with Crippen LogP contribution in [-0.2, 0) is 11.3 Å². The third-order valence-electron chi connectivity index (χ3n) is 6.03. The maximum atomic E-state index is 6.46. The summed E-state index contributed by atoms with van der Waals surface area (Å²) in [5.41, 5.74) is 5.02. The van der Waals surface area contributed by atoms with E-state index < -0.39 is 0 Å². The summed E-state index contributed by atoms with van der Waals surface area (Å²) in [6.07, 6.45) is 4.95. The lowest BCUT2D eigenvalue weighted by Crippen LogP contribution is -2.41. The number of nitrogens with zero attached hydrogens (tertiary/aromatic N) is 1. The van der Waals surface area contributed by atoms with Crippen LogP contribution in [0.5, 0.6) is 0 Å². The van der Waals surface area contributed by atoms with E-state index in [1.807, 2.05) is 12.4 Å². The molecule has 0 bridgehead atoms.